The van der Waals surface area contributed by atoms with Gasteiger partial charge in [0, 0.05) is 0 Å². The third kappa shape index (κ3) is 1.36. The van der Waals surface area contributed by atoms with Crippen molar-refractivity contribution in [2.75, 3.05) is 0 Å². The van der Waals surface area contributed by atoms with E-state index in [1.807, 2.05) is 0 Å². The van der Waals surface area contributed by atoms with Crippen LogP contribution >= 0.6 is 0 Å². The Bertz CT molecular complexity index is 167. The lowest BCUT2D eigenvalue weighted by Gasteiger charge is -2.33. The molecule has 0 amide bonds. The number of hydrogen-bond donors (Lipinski definition) is 0. The van der Waals surface area contributed by atoms with Crippen molar-refractivity contribution < 1.29 is 0 Å². The summed E-state index contributed by atoms with van der Waals surface area (Å²) >= 11 is 0. The van der Waals surface area contributed by atoms with Crippen molar-refractivity contribution in [2.24, 2.45) is 11.8 Å². The Morgan fingerprint density at radius 1 is 1.27 bits per heavy atom. The first-order valence-corrected chi connectivity index (χ1v) is 5.07. The molecular weight excluding hydrogens is 132 g/mol. The highest BCUT2D eigenvalue weighted by molar-refractivity contribution is 5.13. The highest BCUT2D eigenvalue weighted by atomic mass is 14.3. The lowest BCUT2D eigenvalue weighted by atomic mass is 9.72. The minimum Gasteiger partial charge on any atom is -0.0850 e. The van der Waals surface area contributed by atoms with Crippen LogP contribution in [-0.2, 0) is 0 Å². The largest absolute Gasteiger partial charge is 0.0850 e. The normalized spacial score (nSPS) is 37.7. The predicted molar refractivity (Wildman–Crippen MR) is 48.4 cm³/mol. The van der Waals surface area contributed by atoms with E-state index >= 15 is 0 Å². The molecule has 2 unspecified atom stereocenters. The molecule has 0 bridgehead atoms. The van der Waals surface area contributed by atoms with Gasteiger partial charge >= 0.3 is 0 Å². The van der Waals surface area contributed by atoms with Crippen LogP contribution in [0, 0.1) is 11.8 Å². The summed E-state index contributed by atoms with van der Waals surface area (Å²) in [6.45, 7) is 2.43. The smallest absolute Gasteiger partial charge is 0.0177 e. The maximum Gasteiger partial charge on any atom is -0.0177 e. The van der Waals surface area contributed by atoms with Gasteiger partial charge in [0.1, 0.15) is 0 Å². The van der Waals surface area contributed by atoms with Gasteiger partial charge in [0.15, 0.2) is 0 Å². The summed E-state index contributed by atoms with van der Waals surface area (Å²) in [5.74, 6) is 1.97. The topological polar surface area (TPSA) is 0 Å². The number of allylic oxidation sites excluding steroid dienone is 2. The first kappa shape index (κ1) is 7.39. The molecule has 1 saturated carbocycles. The Hall–Kier alpha value is -0.260. The molecule has 0 aromatic carbocycles. The Labute approximate surface area is 69.7 Å². The molecule has 0 spiro atoms. The van der Waals surface area contributed by atoms with Gasteiger partial charge in [-0.1, -0.05) is 25.0 Å². The second kappa shape index (κ2) is 3.00. The van der Waals surface area contributed by atoms with Crippen molar-refractivity contribution in [3.8, 4) is 0 Å². The molecule has 0 heterocycles. The van der Waals surface area contributed by atoms with Gasteiger partial charge in [-0.25, -0.2) is 0 Å². The summed E-state index contributed by atoms with van der Waals surface area (Å²) in [4.78, 5) is 0. The van der Waals surface area contributed by atoms with E-state index in [1.54, 1.807) is 5.57 Å². The maximum absolute atomic E-state index is 2.52. The maximum atomic E-state index is 2.52. The summed E-state index contributed by atoms with van der Waals surface area (Å²) in [7, 11) is 0. The van der Waals surface area contributed by atoms with E-state index in [9.17, 15) is 0 Å². The fraction of sp³-hybridized carbons (Fsp3) is 0.818. The van der Waals surface area contributed by atoms with Gasteiger partial charge < -0.3 is 0 Å². The Morgan fingerprint density at radius 3 is 3.00 bits per heavy atom. The van der Waals surface area contributed by atoms with Crippen molar-refractivity contribution in [3.63, 3.8) is 0 Å². The lowest BCUT2D eigenvalue weighted by Crippen LogP contribution is -2.21. The van der Waals surface area contributed by atoms with Gasteiger partial charge in [0.25, 0.3) is 0 Å². The van der Waals surface area contributed by atoms with E-state index in [1.165, 1.54) is 38.5 Å². The van der Waals surface area contributed by atoms with Gasteiger partial charge in [0.05, 0.1) is 0 Å². The van der Waals surface area contributed by atoms with Gasteiger partial charge in [0.2, 0.25) is 0 Å². The average Bonchev–Trinajstić information content (AvgIpc) is 2.06. The summed E-state index contributed by atoms with van der Waals surface area (Å²) < 4.78 is 0. The summed E-state index contributed by atoms with van der Waals surface area (Å²) in [6.07, 6.45) is 11.1. The molecule has 11 heavy (non-hydrogen) atoms. The monoisotopic (exact) mass is 150 g/mol. The first-order chi connectivity index (χ1) is 5.38. The molecule has 1 fully saturated rings. The minimum absolute atomic E-state index is 0.982. The Morgan fingerprint density at radius 2 is 2.18 bits per heavy atom. The number of fused-ring (bicyclic) bond motifs is 1. The number of rotatable bonds is 0. The van der Waals surface area contributed by atoms with Gasteiger partial charge in [-0.2, -0.15) is 0 Å². The molecule has 0 heteroatoms. The molecule has 2 aliphatic rings. The fourth-order valence-corrected chi connectivity index (χ4v) is 2.70. The second-order valence-corrected chi connectivity index (χ2v) is 4.19. The van der Waals surface area contributed by atoms with Crippen molar-refractivity contribution in [3.05, 3.63) is 11.6 Å². The zero-order valence-electron chi connectivity index (χ0n) is 7.47. The molecule has 0 aromatic heterocycles. The molecule has 0 saturated heterocycles. The molecule has 0 radical (unpaired) electrons. The molecule has 62 valence electrons. The van der Waals surface area contributed by atoms with Crippen molar-refractivity contribution in [1.29, 1.82) is 0 Å². The van der Waals surface area contributed by atoms with Crippen LogP contribution in [0.1, 0.15) is 45.4 Å². The highest BCUT2D eigenvalue weighted by Crippen LogP contribution is 2.39. The van der Waals surface area contributed by atoms with Crippen molar-refractivity contribution in [1.82, 2.24) is 0 Å². The molecule has 0 aliphatic heterocycles. The van der Waals surface area contributed by atoms with Crippen molar-refractivity contribution >= 4 is 0 Å². The molecule has 0 N–H and O–H groups in total. The number of hydrogen-bond acceptors (Lipinski definition) is 0. The summed E-state index contributed by atoms with van der Waals surface area (Å²) in [6, 6.07) is 0. The first-order valence-electron chi connectivity index (χ1n) is 5.07. The van der Waals surface area contributed by atoms with Gasteiger partial charge in [-0.05, 0) is 43.9 Å². The van der Waals surface area contributed by atoms with E-state index in [0.717, 1.165) is 11.8 Å². The second-order valence-electron chi connectivity index (χ2n) is 4.19. The van der Waals surface area contributed by atoms with Crippen LogP contribution in [0.5, 0.6) is 0 Å². The van der Waals surface area contributed by atoms with E-state index in [0.29, 0.717) is 0 Å². The van der Waals surface area contributed by atoms with Gasteiger partial charge in [-0.3, -0.25) is 0 Å². The highest BCUT2D eigenvalue weighted by Gasteiger charge is 2.26. The van der Waals surface area contributed by atoms with Crippen LogP contribution in [0.4, 0.5) is 0 Å². The molecular formula is C11H18. The third-order valence-corrected chi connectivity index (χ3v) is 3.42. The van der Waals surface area contributed by atoms with Gasteiger partial charge in [-0.15, -0.1) is 0 Å². The van der Waals surface area contributed by atoms with E-state index in [4.69, 9.17) is 0 Å². The third-order valence-electron chi connectivity index (χ3n) is 3.42. The van der Waals surface area contributed by atoms with Crippen LogP contribution < -0.4 is 0 Å². The summed E-state index contributed by atoms with van der Waals surface area (Å²) in [5.41, 5.74) is 1.80. The molecule has 2 aliphatic carbocycles. The van der Waals surface area contributed by atoms with Crippen LogP contribution in [0.15, 0.2) is 11.6 Å². The Balaban J connectivity index is 2.13. The standard InChI is InChI=1S/C11H18/c1-9-5-4-7-10-6-2-3-8-11(9)10/h7,9,11H,2-6,8H2,1H3. The zero-order chi connectivity index (χ0) is 7.68. The zero-order valence-corrected chi connectivity index (χ0v) is 7.47. The average molecular weight is 150 g/mol. The van der Waals surface area contributed by atoms with Crippen LogP contribution in [0.3, 0.4) is 0 Å². The predicted octanol–water partition coefficient (Wildman–Crippen LogP) is 3.53. The molecule has 0 nitrogen and oxygen atoms in total. The quantitative estimate of drug-likeness (QED) is 0.463. The van der Waals surface area contributed by atoms with E-state index in [-0.39, 0.29) is 0 Å². The van der Waals surface area contributed by atoms with Crippen LogP contribution in [-0.4, -0.2) is 0 Å². The fourth-order valence-electron chi connectivity index (χ4n) is 2.70. The molecule has 2 rings (SSSR count). The summed E-state index contributed by atoms with van der Waals surface area (Å²) in [5, 5.41) is 0. The van der Waals surface area contributed by atoms with E-state index in [2.05, 4.69) is 13.0 Å². The molecule has 2 atom stereocenters. The van der Waals surface area contributed by atoms with Crippen molar-refractivity contribution in [2.45, 2.75) is 45.4 Å². The minimum atomic E-state index is 0.982. The lowest BCUT2D eigenvalue weighted by molar-refractivity contribution is 0.304. The van der Waals surface area contributed by atoms with Crippen LogP contribution in [0.2, 0.25) is 0 Å². The van der Waals surface area contributed by atoms with E-state index < -0.39 is 0 Å². The SMILES string of the molecule is CC1CCC=C2CCCCC21. The Kier molecular flexibility index (Phi) is 2.02. The van der Waals surface area contributed by atoms with Crippen LogP contribution in [0.25, 0.3) is 0 Å². The molecule has 0 aromatic rings.